The summed E-state index contributed by atoms with van der Waals surface area (Å²) in [6.07, 6.45) is 3.49. The highest BCUT2D eigenvalue weighted by atomic mass is 16.5. The molecule has 116 valence electrons. The topological polar surface area (TPSA) is 64.7 Å². The Hall–Kier alpha value is -3.34. The molecule has 5 nitrogen and oxygen atoms in total. The van der Waals surface area contributed by atoms with Crippen LogP contribution in [0.25, 0.3) is 34.2 Å². The van der Waals surface area contributed by atoms with Crippen molar-refractivity contribution in [1.82, 2.24) is 20.1 Å². The zero-order chi connectivity index (χ0) is 16.4. The van der Waals surface area contributed by atoms with E-state index in [1.165, 1.54) is 0 Å². The van der Waals surface area contributed by atoms with Crippen molar-refractivity contribution < 1.29 is 4.52 Å². The number of aryl methyl sites for hydroxylation is 1. The Bertz CT molecular complexity index is 965. The van der Waals surface area contributed by atoms with Crippen LogP contribution in [0.4, 0.5) is 0 Å². The van der Waals surface area contributed by atoms with Gasteiger partial charge in [-0.05, 0) is 42.8 Å². The lowest BCUT2D eigenvalue weighted by Crippen LogP contribution is -1.88. The Balaban J connectivity index is 1.76. The van der Waals surface area contributed by atoms with Gasteiger partial charge in [-0.15, -0.1) is 0 Å². The van der Waals surface area contributed by atoms with E-state index in [2.05, 4.69) is 20.1 Å². The van der Waals surface area contributed by atoms with E-state index in [1.807, 2.05) is 61.5 Å². The summed E-state index contributed by atoms with van der Waals surface area (Å²) in [5, 5.41) is 4.04. The van der Waals surface area contributed by atoms with E-state index >= 15 is 0 Å². The molecule has 5 heteroatoms. The summed E-state index contributed by atoms with van der Waals surface area (Å²) < 4.78 is 5.46. The third kappa shape index (κ3) is 2.67. The van der Waals surface area contributed by atoms with Gasteiger partial charge >= 0.3 is 0 Å². The molecular formula is C19H14N4O. The number of pyridine rings is 2. The van der Waals surface area contributed by atoms with Crippen molar-refractivity contribution in [3.05, 3.63) is 72.6 Å². The van der Waals surface area contributed by atoms with Crippen LogP contribution in [0, 0.1) is 6.92 Å². The van der Waals surface area contributed by atoms with Crippen LogP contribution in [0.1, 0.15) is 5.56 Å². The van der Waals surface area contributed by atoms with Gasteiger partial charge in [0.15, 0.2) is 0 Å². The monoisotopic (exact) mass is 314 g/mol. The predicted octanol–water partition coefficient (Wildman–Crippen LogP) is 4.17. The third-order valence-electron chi connectivity index (χ3n) is 3.75. The van der Waals surface area contributed by atoms with Crippen molar-refractivity contribution >= 4 is 0 Å². The van der Waals surface area contributed by atoms with Crippen LogP contribution in [-0.2, 0) is 0 Å². The van der Waals surface area contributed by atoms with E-state index in [0.29, 0.717) is 17.4 Å². The average molecular weight is 314 g/mol. The van der Waals surface area contributed by atoms with Crippen molar-refractivity contribution in [2.24, 2.45) is 0 Å². The molecule has 0 unspecified atom stereocenters. The van der Waals surface area contributed by atoms with E-state index < -0.39 is 0 Å². The van der Waals surface area contributed by atoms with Crippen LogP contribution in [-0.4, -0.2) is 20.1 Å². The molecule has 3 aromatic heterocycles. The van der Waals surface area contributed by atoms with Crippen LogP contribution in [0.5, 0.6) is 0 Å². The molecule has 1 aromatic carbocycles. The molecule has 0 aliphatic heterocycles. The SMILES string of the molecule is Cc1ccc(-c2ccccn2)cc1-c1nc(-c2ccccn2)no1. The summed E-state index contributed by atoms with van der Waals surface area (Å²) in [6.45, 7) is 2.02. The first-order valence-corrected chi connectivity index (χ1v) is 7.59. The van der Waals surface area contributed by atoms with Crippen LogP contribution >= 0.6 is 0 Å². The molecule has 0 amide bonds. The van der Waals surface area contributed by atoms with Gasteiger partial charge < -0.3 is 4.52 Å². The Labute approximate surface area is 139 Å². The molecule has 0 atom stereocenters. The smallest absolute Gasteiger partial charge is 0.258 e. The molecule has 0 spiro atoms. The number of nitrogens with zero attached hydrogens (tertiary/aromatic N) is 4. The van der Waals surface area contributed by atoms with Crippen LogP contribution in [0.15, 0.2) is 71.5 Å². The van der Waals surface area contributed by atoms with Crippen molar-refractivity contribution in [1.29, 1.82) is 0 Å². The van der Waals surface area contributed by atoms with Crippen LogP contribution < -0.4 is 0 Å². The molecule has 0 N–H and O–H groups in total. The maximum Gasteiger partial charge on any atom is 0.258 e. The molecule has 3 heterocycles. The zero-order valence-electron chi connectivity index (χ0n) is 13.0. The fraction of sp³-hybridized carbons (Fsp3) is 0.0526. The third-order valence-corrected chi connectivity index (χ3v) is 3.75. The van der Waals surface area contributed by atoms with Gasteiger partial charge in [0.05, 0.1) is 5.69 Å². The van der Waals surface area contributed by atoms with Gasteiger partial charge in [0.1, 0.15) is 5.69 Å². The molecule has 4 rings (SSSR count). The quantitative estimate of drug-likeness (QED) is 0.568. The highest BCUT2D eigenvalue weighted by Crippen LogP contribution is 2.28. The van der Waals surface area contributed by atoms with Crippen molar-refractivity contribution in [3.63, 3.8) is 0 Å². The van der Waals surface area contributed by atoms with Crippen LogP contribution in [0.3, 0.4) is 0 Å². The Morgan fingerprint density at radius 3 is 2.29 bits per heavy atom. The van der Waals surface area contributed by atoms with Gasteiger partial charge in [-0.3, -0.25) is 9.97 Å². The second-order valence-electron chi connectivity index (χ2n) is 5.38. The average Bonchev–Trinajstić information content (AvgIpc) is 3.13. The zero-order valence-corrected chi connectivity index (χ0v) is 13.0. The normalized spacial score (nSPS) is 10.7. The predicted molar refractivity (Wildman–Crippen MR) is 90.9 cm³/mol. The molecule has 4 aromatic rings. The second kappa shape index (κ2) is 6.04. The first-order chi connectivity index (χ1) is 11.8. The summed E-state index contributed by atoms with van der Waals surface area (Å²) in [4.78, 5) is 13.1. The number of benzene rings is 1. The van der Waals surface area contributed by atoms with Crippen LogP contribution in [0.2, 0.25) is 0 Å². The standard InChI is InChI=1S/C19H14N4O/c1-13-8-9-14(16-6-2-4-10-20-16)12-15(13)19-22-18(23-24-19)17-7-3-5-11-21-17/h2-12H,1H3. The van der Waals surface area contributed by atoms with Gasteiger partial charge in [0.25, 0.3) is 5.89 Å². The second-order valence-corrected chi connectivity index (χ2v) is 5.38. The van der Waals surface area contributed by atoms with Gasteiger partial charge in [-0.25, -0.2) is 0 Å². The number of aromatic nitrogens is 4. The molecular weight excluding hydrogens is 300 g/mol. The summed E-state index contributed by atoms with van der Waals surface area (Å²) >= 11 is 0. The molecule has 0 radical (unpaired) electrons. The van der Waals surface area contributed by atoms with Gasteiger partial charge in [0, 0.05) is 23.5 Å². The lowest BCUT2D eigenvalue weighted by Gasteiger charge is -2.05. The minimum Gasteiger partial charge on any atom is -0.334 e. The van der Waals surface area contributed by atoms with E-state index in [-0.39, 0.29) is 0 Å². The molecule has 0 aliphatic carbocycles. The number of hydrogen-bond acceptors (Lipinski definition) is 5. The summed E-state index contributed by atoms with van der Waals surface area (Å²) in [5.74, 6) is 0.958. The Morgan fingerprint density at radius 2 is 1.58 bits per heavy atom. The lowest BCUT2D eigenvalue weighted by molar-refractivity contribution is 0.432. The van der Waals surface area contributed by atoms with Gasteiger partial charge in [-0.1, -0.05) is 29.4 Å². The number of hydrogen-bond donors (Lipinski definition) is 0. The van der Waals surface area contributed by atoms with Crippen molar-refractivity contribution in [2.75, 3.05) is 0 Å². The van der Waals surface area contributed by atoms with Crippen molar-refractivity contribution in [2.45, 2.75) is 6.92 Å². The molecule has 0 saturated heterocycles. The van der Waals surface area contributed by atoms with Gasteiger partial charge in [0.2, 0.25) is 5.82 Å². The molecule has 0 fully saturated rings. The molecule has 0 bridgehead atoms. The van der Waals surface area contributed by atoms with E-state index in [9.17, 15) is 0 Å². The van der Waals surface area contributed by atoms with E-state index in [4.69, 9.17) is 4.52 Å². The molecule has 0 saturated carbocycles. The largest absolute Gasteiger partial charge is 0.334 e. The highest BCUT2D eigenvalue weighted by molar-refractivity contribution is 5.70. The maximum atomic E-state index is 5.46. The molecule has 24 heavy (non-hydrogen) atoms. The first kappa shape index (κ1) is 14.3. The minimum atomic E-state index is 0.478. The maximum absolute atomic E-state index is 5.46. The summed E-state index contributed by atoms with van der Waals surface area (Å²) in [7, 11) is 0. The lowest BCUT2D eigenvalue weighted by atomic mass is 10.0. The summed E-state index contributed by atoms with van der Waals surface area (Å²) in [6, 6.07) is 17.5. The minimum absolute atomic E-state index is 0.478. The van der Waals surface area contributed by atoms with E-state index in [0.717, 1.165) is 22.4 Å². The van der Waals surface area contributed by atoms with Gasteiger partial charge in [-0.2, -0.15) is 4.98 Å². The van der Waals surface area contributed by atoms with Crippen molar-refractivity contribution in [3.8, 4) is 34.2 Å². The Kier molecular flexibility index (Phi) is 3.59. The van der Waals surface area contributed by atoms with E-state index in [1.54, 1.807) is 12.4 Å². The molecule has 0 aliphatic rings. The fourth-order valence-electron chi connectivity index (χ4n) is 2.48. The highest BCUT2D eigenvalue weighted by Gasteiger charge is 2.14. The fourth-order valence-corrected chi connectivity index (χ4v) is 2.48. The summed E-state index contributed by atoms with van der Waals surface area (Å²) in [5.41, 5.74) is 4.56. The first-order valence-electron chi connectivity index (χ1n) is 7.59. The number of rotatable bonds is 3. The Morgan fingerprint density at radius 1 is 0.833 bits per heavy atom.